The van der Waals surface area contributed by atoms with Crippen LogP contribution in [0.5, 0.6) is 0 Å². The molecule has 89 heavy (non-hydrogen) atoms. The Morgan fingerprint density at radius 3 is 1.43 bits per heavy atom. The van der Waals surface area contributed by atoms with Gasteiger partial charge in [-0.05, 0) is 151 Å². The maximum absolute atomic E-state index is 12.4. The standard InChI is InChI=1S/C58H89N11O16S3.Fe/c1-44(70)67(77)35-11-3-8-32-59-50(72)28-30-54(75)68(78)36-12-4-9-33-60-51(73)29-31-55(76)69(79)37-13-5-10-34-61-57(87)64-48-24-22-47(23-25-48)63-53(86)17-7-15-39-83-41-43-84-42-40-82-38-14-6-16-49(71)26-27-52(74)62-46-20-18-45(19-21-46)56-65-66-58(85-56)88(2,80)81;/h18-25,77-79H,3-17,26-43H2,1-2H3,(H,59,72)(H,60,73)(H,62,74)(H,63,86)(H2,61,64,87);. The van der Waals surface area contributed by atoms with E-state index in [9.17, 15) is 57.6 Å². The smallest absolute Gasteiger partial charge is 0.335 e. The van der Waals surface area contributed by atoms with Gasteiger partial charge in [-0.15, -0.1) is 5.10 Å². The molecule has 0 spiro atoms. The van der Waals surface area contributed by atoms with Crippen LogP contribution >= 0.6 is 24.4 Å². The fraction of sp³-hybridized carbons (Fsp3) is 0.603. The van der Waals surface area contributed by atoms with Crippen LogP contribution < -0.4 is 31.9 Å². The van der Waals surface area contributed by atoms with Crippen molar-refractivity contribution >= 4 is 103 Å². The monoisotopic (exact) mass is 1350 g/mol. The van der Waals surface area contributed by atoms with E-state index in [4.69, 9.17) is 43.1 Å². The van der Waals surface area contributed by atoms with E-state index in [-0.39, 0.29) is 105 Å². The molecule has 0 unspecified atom stereocenters. The van der Waals surface area contributed by atoms with Crippen molar-refractivity contribution < 1.29 is 93.3 Å². The molecule has 0 bridgehead atoms. The molecule has 6 amide bonds. The van der Waals surface area contributed by atoms with Crippen molar-refractivity contribution in [2.45, 2.75) is 147 Å². The zero-order valence-corrected chi connectivity index (χ0v) is 54.5. The number of sulfone groups is 1. The number of Topliss-reactive ketones (excluding diaryl/α,β-unsaturated/α-hetero) is 1. The van der Waals surface area contributed by atoms with Crippen LogP contribution in [0.15, 0.2) is 58.2 Å². The Morgan fingerprint density at radius 2 is 0.933 bits per heavy atom. The van der Waals surface area contributed by atoms with Gasteiger partial charge >= 0.3 is 5.22 Å². The molecule has 2 aromatic carbocycles. The normalized spacial score (nSPS) is 11.0. The summed E-state index contributed by atoms with van der Waals surface area (Å²) in [5.74, 6) is -2.45. The molecule has 0 aliphatic carbocycles. The molecule has 0 fully saturated rings. The Labute approximate surface area is 542 Å². The van der Waals surface area contributed by atoms with Gasteiger partial charge in [0, 0.05) is 150 Å². The van der Waals surface area contributed by atoms with Crippen LogP contribution in [0.1, 0.15) is 142 Å². The van der Waals surface area contributed by atoms with Gasteiger partial charge < -0.3 is 50.5 Å². The quantitative estimate of drug-likeness (QED) is 0.00955. The Morgan fingerprint density at radius 1 is 0.494 bits per heavy atom. The molecular formula is C58H89FeN11O16S3. The zero-order valence-electron chi connectivity index (χ0n) is 50.9. The van der Waals surface area contributed by atoms with Gasteiger partial charge in [0.15, 0.2) is 5.11 Å². The zero-order chi connectivity index (χ0) is 64.4. The summed E-state index contributed by atoms with van der Waals surface area (Å²) in [6.07, 6.45) is 10.5. The minimum atomic E-state index is -3.62. The summed E-state index contributed by atoms with van der Waals surface area (Å²) in [4.78, 5) is 85.2. The van der Waals surface area contributed by atoms with Crippen LogP contribution in [0.25, 0.3) is 11.5 Å². The third-order valence-electron chi connectivity index (χ3n) is 13.0. The van der Waals surface area contributed by atoms with Crippen LogP contribution in [0.2, 0.25) is 0 Å². The maximum atomic E-state index is 12.4. The average molecular weight is 1350 g/mol. The second-order valence-corrected chi connectivity index (χ2v) is 23.4. The largest absolute Gasteiger partial charge is 0.408 e. The minimum Gasteiger partial charge on any atom is -0.408 e. The summed E-state index contributed by atoms with van der Waals surface area (Å²) in [5.41, 5.74) is 2.65. The van der Waals surface area contributed by atoms with Crippen LogP contribution in [0.4, 0.5) is 17.1 Å². The molecule has 3 aromatic rings. The van der Waals surface area contributed by atoms with E-state index < -0.39 is 32.8 Å². The number of carbonyl (C=O) groups excluding carboxylic acids is 7. The molecule has 0 saturated heterocycles. The summed E-state index contributed by atoms with van der Waals surface area (Å²) < 4.78 is 45.2. The molecule has 31 heteroatoms. The number of anilines is 3. The van der Waals surface area contributed by atoms with Crippen LogP contribution in [0, 0.1) is 0 Å². The fourth-order valence-corrected chi connectivity index (χ4v) is 8.90. The number of nitrogens with zero attached hydrogens (tertiary/aromatic N) is 5. The first-order chi connectivity index (χ1) is 42.2. The summed E-state index contributed by atoms with van der Waals surface area (Å²) >= 11 is 11.0. The molecule has 0 saturated carbocycles. The van der Waals surface area contributed by atoms with Gasteiger partial charge in [-0.25, -0.2) is 23.6 Å². The predicted octanol–water partition coefficient (Wildman–Crippen LogP) is 6.52. The topological polar surface area (TPSA) is 363 Å². The third-order valence-corrected chi connectivity index (χ3v) is 14.4. The Kier molecular flexibility index (Phi) is 41.6. The number of aromatic nitrogens is 2. The SMILES string of the molecule is CC(=O)N(O)CCCCCNC(=O)CCC(=O)N(O)CCCCCNC(=O)CCC(=O)N(O)CCCCCNC(=S)Nc1ccc(NC(=S)CCCCOCCOCCOCCCCC(=O)CCC(=O)Nc2ccc(-c3nnc(S(C)(=O)=O)o3)cc2)cc1.[Fe]. The van der Waals surface area contributed by atoms with Crippen molar-refractivity contribution in [2.75, 3.05) is 101 Å². The molecule has 3 rings (SSSR count). The molecular weight excluding hydrogens is 1260 g/mol. The molecule has 9 N–H and O–H groups in total. The molecule has 0 aliphatic rings. The number of amides is 6. The number of carbonyl (C=O) groups is 7. The third kappa shape index (κ3) is 38.2. The van der Waals surface area contributed by atoms with Gasteiger partial charge in [0.2, 0.25) is 51.2 Å². The first kappa shape index (κ1) is 79.0. The first-order valence-electron chi connectivity index (χ1n) is 29.8. The second kappa shape index (κ2) is 46.9. The van der Waals surface area contributed by atoms with Crippen molar-refractivity contribution in [3.05, 3.63) is 48.5 Å². The van der Waals surface area contributed by atoms with Gasteiger partial charge in [0.1, 0.15) is 5.78 Å². The van der Waals surface area contributed by atoms with Gasteiger partial charge in [-0.1, -0.05) is 17.3 Å². The number of hydroxylamine groups is 6. The predicted molar refractivity (Wildman–Crippen MR) is 335 cm³/mol. The van der Waals surface area contributed by atoms with E-state index in [2.05, 4.69) is 42.1 Å². The van der Waals surface area contributed by atoms with Crippen molar-refractivity contribution in [2.24, 2.45) is 0 Å². The van der Waals surface area contributed by atoms with Crippen LogP contribution in [-0.2, 0) is 74.7 Å². The van der Waals surface area contributed by atoms with Gasteiger partial charge in [-0.3, -0.25) is 49.2 Å². The van der Waals surface area contributed by atoms with E-state index in [0.29, 0.717) is 161 Å². The van der Waals surface area contributed by atoms with Gasteiger partial charge in [0.25, 0.3) is 0 Å². The van der Waals surface area contributed by atoms with Crippen molar-refractivity contribution in [1.82, 2.24) is 41.3 Å². The van der Waals surface area contributed by atoms with E-state index in [1.165, 1.54) is 6.92 Å². The summed E-state index contributed by atoms with van der Waals surface area (Å²) in [6, 6.07) is 14.0. The second-order valence-electron chi connectivity index (χ2n) is 20.6. The van der Waals surface area contributed by atoms with Crippen molar-refractivity contribution in [1.29, 1.82) is 0 Å². The average Bonchev–Trinajstić information content (AvgIpc) is 2.16. The number of rotatable bonds is 48. The van der Waals surface area contributed by atoms with Crippen molar-refractivity contribution in [3.63, 3.8) is 0 Å². The number of unbranched alkanes of at least 4 members (excludes halogenated alkanes) is 8. The number of ether oxygens (including phenoxy) is 3. The van der Waals surface area contributed by atoms with Crippen molar-refractivity contribution in [3.8, 4) is 11.5 Å². The van der Waals surface area contributed by atoms with Gasteiger partial charge in [0.05, 0.1) is 31.4 Å². The number of ketones is 1. The Bertz CT molecular complexity index is 2730. The minimum absolute atomic E-state index is 0. The first-order valence-corrected chi connectivity index (χ1v) is 32.5. The molecule has 498 valence electrons. The molecule has 0 aliphatic heterocycles. The number of hydrogen-bond acceptors (Lipinski definition) is 20. The molecule has 0 radical (unpaired) electrons. The number of benzene rings is 2. The van der Waals surface area contributed by atoms with Crippen LogP contribution in [-0.4, -0.2) is 186 Å². The molecule has 1 heterocycles. The number of hydrogen-bond donors (Lipinski definition) is 9. The Balaban J connectivity index is 0.0000270. The summed E-state index contributed by atoms with van der Waals surface area (Å²) in [6.45, 7) is 5.91. The van der Waals surface area contributed by atoms with Gasteiger partial charge in [-0.2, -0.15) is 0 Å². The van der Waals surface area contributed by atoms with E-state index in [1.807, 2.05) is 24.3 Å². The van der Waals surface area contributed by atoms with E-state index >= 15 is 0 Å². The summed E-state index contributed by atoms with van der Waals surface area (Å²) in [5, 5.41) is 56.4. The fourth-order valence-electron chi connectivity index (χ4n) is 8.00. The number of nitrogens with one attached hydrogen (secondary N) is 6. The maximum Gasteiger partial charge on any atom is 0.335 e. The summed E-state index contributed by atoms with van der Waals surface area (Å²) in [7, 11) is -3.62. The van der Waals surface area contributed by atoms with E-state index in [0.717, 1.165) is 48.3 Å². The Hall–Kier alpha value is -6.12. The molecule has 27 nitrogen and oxygen atoms in total. The molecule has 1 aromatic heterocycles. The van der Waals surface area contributed by atoms with Crippen LogP contribution in [0.3, 0.4) is 0 Å². The molecule has 0 atom stereocenters. The number of thiocarbonyl (C=S) groups is 2. The van der Waals surface area contributed by atoms with E-state index in [1.54, 1.807) is 24.3 Å².